The van der Waals surface area contributed by atoms with Crippen LogP contribution in [0, 0.1) is 0 Å². The van der Waals surface area contributed by atoms with Crippen LogP contribution >= 0.6 is 15.9 Å². The van der Waals surface area contributed by atoms with E-state index in [-0.39, 0.29) is 6.04 Å². The maximum atomic E-state index is 6.06. The van der Waals surface area contributed by atoms with E-state index in [1.807, 2.05) is 0 Å². The quantitative estimate of drug-likeness (QED) is 0.862. The molecule has 1 heterocycles. The number of nitrogens with two attached hydrogens (primary N) is 1. The standard InChI is InChI=1S/C10H15BrN4/c11-7-5-13-6-14-10(7)15-9-4-2-1-3-8(9)12/h5-6,8-9H,1-4,12H2,(H,13,14,15). The van der Waals surface area contributed by atoms with Crippen LogP contribution in [-0.4, -0.2) is 22.1 Å². The largest absolute Gasteiger partial charge is 0.365 e. The minimum Gasteiger partial charge on any atom is -0.365 e. The third-order valence-electron chi connectivity index (χ3n) is 2.81. The molecular weight excluding hydrogens is 256 g/mol. The molecule has 0 radical (unpaired) electrons. The molecule has 0 spiro atoms. The molecule has 0 amide bonds. The van der Waals surface area contributed by atoms with Crippen molar-refractivity contribution in [3.8, 4) is 0 Å². The van der Waals surface area contributed by atoms with Crippen molar-refractivity contribution in [3.63, 3.8) is 0 Å². The van der Waals surface area contributed by atoms with Crippen molar-refractivity contribution in [1.29, 1.82) is 0 Å². The number of nitrogens with zero attached hydrogens (tertiary/aromatic N) is 2. The third-order valence-corrected chi connectivity index (χ3v) is 3.39. The first-order chi connectivity index (χ1) is 7.27. The zero-order chi connectivity index (χ0) is 10.7. The Kier molecular flexibility index (Phi) is 3.53. The van der Waals surface area contributed by atoms with Gasteiger partial charge in [0.2, 0.25) is 0 Å². The van der Waals surface area contributed by atoms with E-state index in [1.165, 1.54) is 12.8 Å². The Balaban J connectivity index is 2.04. The molecule has 4 nitrogen and oxygen atoms in total. The number of rotatable bonds is 2. The van der Waals surface area contributed by atoms with Crippen molar-refractivity contribution < 1.29 is 0 Å². The fraction of sp³-hybridized carbons (Fsp3) is 0.600. The van der Waals surface area contributed by atoms with Gasteiger partial charge < -0.3 is 11.1 Å². The summed E-state index contributed by atoms with van der Waals surface area (Å²) in [5, 5.41) is 3.38. The Morgan fingerprint density at radius 3 is 2.93 bits per heavy atom. The maximum Gasteiger partial charge on any atom is 0.144 e. The van der Waals surface area contributed by atoms with Crippen LogP contribution < -0.4 is 11.1 Å². The summed E-state index contributed by atoms with van der Waals surface area (Å²) in [6.45, 7) is 0. The second-order valence-corrected chi connectivity index (χ2v) is 4.77. The van der Waals surface area contributed by atoms with Crippen molar-refractivity contribution in [3.05, 3.63) is 17.0 Å². The van der Waals surface area contributed by atoms with E-state index < -0.39 is 0 Å². The number of nitrogens with one attached hydrogen (secondary N) is 1. The van der Waals surface area contributed by atoms with E-state index in [2.05, 4.69) is 31.2 Å². The molecule has 1 aliphatic carbocycles. The molecular formula is C10H15BrN4. The Morgan fingerprint density at radius 2 is 2.20 bits per heavy atom. The summed E-state index contributed by atoms with van der Waals surface area (Å²) in [4.78, 5) is 8.11. The lowest BCUT2D eigenvalue weighted by Crippen LogP contribution is -2.42. The Labute approximate surface area is 97.8 Å². The van der Waals surface area contributed by atoms with Gasteiger partial charge in [0.1, 0.15) is 12.1 Å². The number of hydrogen-bond acceptors (Lipinski definition) is 4. The number of anilines is 1. The Morgan fingerprint density at radius 1 is 1.40 bits per heavy atom. The summed E-state index contributed by atoms with van der Waals surface area (Å²) in [6, 6.07) is 0.575. The summed E-state index contributed by atoms with van der Waals surface area (Å²) < 4.78 is 0.891. The van der Waals surface area contributed by atoms with E-state index in [0.717, 1.165) is 23.1 Å². The number of hydrogen-bond donors (Lipinski definition) is 2. The van der Waals surface area contributed by atoms with E-state index in [4.69, 9.17) is 5.73 Å². The highest BCUT2D eigenvalue weighted by Crippen LogP contribution is 2.23. The van der Waals surface area contributed by atoms with Gasteiger partial charge in [-0.15, -0.1) is 0 Å². The second kappa shape index (κ2) is 4.90. The lowest BCUT2D eigenvalue weighted by Gasteiger charge is -2.29. The van der Waals surface area contributed by atoms with Gasteiger partial charge in [0.15, 0.2) is 0 Å². The van der Waals surface area contributed by atoms with E-state index in [1.54, 1.807) is 12.5 Å². The first-order valence-corrected chi connectivity index (χ1v) is 6.04. The molecule has 1 aromatic heterocycles. The molecule has 82 valence electrons. The van der Waals surface area contributed by atoms with E-state index in [0.29, 0.717) is 6.04 Å². The zero-order valence-electron chi connectivity index (χ0n) is 8.49. The summed E-state index contributed by atoms with van der Waals surface area (Å²) in [5.74, 6) is 0.840. The van der Waals surface area contributed by atoms with Crippen LogP contribution in [0.1, 0.15) is 25.7 Å². The van der Waals surface area contributed by atoms with Gasteiger partial charge in [0, 0.05) is 18.3 Å². The van der Waals surface area contributed by atoms with Crippen LogP contribution in [0.5, 0.6) is 0 Å². The smallest absolute Gasteiger partial charge is 0.144 e. The molecule has 2 atom stereocenters. The normalized spacial score (nSPS) is 26.3. The van der Waals surface area contributed by atoms with Gasteiger partial charge in [-0.25, -0.2) is 9.97 Å². The van der Waals surface area contributed by atoms with Gasteiger partial charge in [-0.1, -0.05) is 12.8 Å². The lowest BCUT2D eigenvalue weighted by molar-refractivity contribution is 0.403. The second-order valence-electron chi connectivity index (χ2n) is 3.92. The maximum absolute atomic E-state index is 6.06. The van der Waals surface area contributed by atoms with Crippen LogP contribution in [0.3, 0.4) is 0 Å². The van der Waals surface area contributed by atoms with Crippen molar-refractivity contribution in [2.75, 3.05) is 5.32 Å². The molecule has 0 aliphatic heterocycles. The molecule has 1 aliphatic rings. The molecule has 0 bridgehead atoms. The first-order valence-electron chi connectivity index (χ1n) is 5.25. The molecule has 2 unspecified atom stereocenters. The molecule has 15 heavy (non-hydrogen) atoms. The van der Waals surface area contributed by atoms with Gasteiger partial charge in [0.25, 0.3) is 0 Å². The predicted octanol–water partition coefficient (Wildman–Crippen LogP) is 1.92. The molecule has 1 fully saturated rings. The molecule has 3 N–H and O–H groups in total. The molecule has 5 heteroatoms. The van der Waals surface area contributed by atoms with Gasteiger partial charge >= 0.3 is 0 Å². The van der Waals surface area contributed by atoms with E-state index >= 15 is 0 Å². The highest BCUT2D eigenvalue weighted by Gasteiger charge is 2.22. The SMILES string of the molecule is NC1CCCCC1Nc1ncncc1Br. The average Bonchev–Trinajstić information content (AvgIpc) is 2.24. The summed E-state index contributed by atoms with van der Waals surface area (Å²) in [5.41, 5.74) is 6.06. The molecule has 1 aromatic rings. The summed E-state index contributed by atoms with van der Waals surface area (Å²) >= 11 is 3.41. The molecule has 0 aromatic carbocycles. The zero-order valence-corrected chi connectivity index (χ0v) is 10.1. The highest BCUT2D eigenvalue weighted by atomic mass is 79.9. The predicted molar refractivity (Wildman–Crippen MR) is 63.6 cm³/mol. The van der Waals surface area contributed by atoms with Crippen molar-refractivity contribution in [2.45, 2.75) is 37.8 Å². The first kappa shape index (κ1) is 10.8. The third kappa shape index (κ3) is 2.66. The fourth-order valence-corrected chi connectivity index (χ4v) is 2.27. The fourth-order valence-electron chi connectivity index (χ4n) is 1.93. The monoisotopic (exact) mass is 270 g/mol. The van der Waals surface area contributed by atoms with Gasteiger partial charge in [-0.05, 0) is 28.8 Å². The lowest BCUT2D eigenvalue weighted by atomic mass is 9.91. The van der Waals surface area contributed by atoms with Gasteiger partial charge in [0.05, 0.1) is 4.47 Å². The van der Waals surface area contributed by atoms with Crippen LogP contribution in [0.2, 0.25) is 0 Å². The van der Waals surface area contributed by atoms with Crippen LogP contribution in [0.25, 0.3) is 0 Å². The Hall–Kier alpha value is -0.680. The van der Waals surface area contributed by atoms with E-state index in [9.17, 15) is 0 Å². The molecule has 1 saturated carbocycles. The number of aromatic nitrogens is 2. The number of halogens is 1. The minimum absolute atomic E-state index is 0.237. The van der Waals surface area contributed by atoms with Crippen molar-refractivity contribution >= 4 is 21.7 Å². The molecule has 2 rings (SSSR count). The Bertz CT molecular complexity index is 331. The topological polar surface area (TPSA) is 63.8 Å². The average molecular weight is 271 g/mol. The van der Waals surface area contributed by atoms with Gasteiger partial charge in [-0.2, -0.15) is 0 Å². The highest BCUT2D eigenvalue weighted by molar-refractivity contribution is 9.10. The van der Waals surface area contributed by atoms with Crippen LogP contribution in [0.4, 0.5) is 5.82 Å². The molecule has 0 saturated heterocycles. The summed E-state index contributed by atoms with van der Waals surface area (Å²) in [6.07, 6.45) is 7.99. The minimum atomic E-state index is 0.237. The van der Waals surface area contributed by atoms with Crippen LogP contribution in [-0.2, 0) is 0 Å². The van der Waals surface area contributed by atoms with Crippen molar-refractivity contribution in [1.82, 2.24) is 9.97 Å². The van der Waals surface area contributed by atoms with Crippen molar-refractivity contribution in [2.24, 2.45) is 5.73 Å². The van der Waals surface area contributed by atoms with Gasteiger partial charge in [-0.3, -0.25) is 0 Å². The summed E-state index contributed by atoms with van der Waals surface area (Å²) in [7, 11) is 0. The van der Waals surface area contributed by atoms with Crippen LogP contribution in [0.15, 0.2) is 17.0 Å².